The molecule has 0 spiro atoms. The van der Waals surface area contributed by atoms with Crippen LogP contribution in [0.15, 0.2) is 54.6 Å². The minimum atomic E-state index is -4.84. The molecule has 12 nitrogen and oxygen atoms in total. The van der Waals surface area contributed by atoms with E-state index in [2.05, 4.69) is 20.3 Å². The predicted molar refractivity (Wildman–Crippen MR) is 195 cm³/mol. The molecule has 0 unspecified atom stereocenters. The van der Waals surface area contributed by atoms with Crippen molar-refractivity contribution in [3.63, 3.8) is 0 Å². The van der Waals surface area contributed by atoms with Crippen LogP contribution < -0.4 is 20.1 Å². The van der Waals surface area contributed by atoms with Crippen molar-refractivity contribution in [3.8, 4) is 6.01 Å². The number of aromatic nitrogens is 2. The Balaban J connectivity index is 1.22. The number of anilines is 1. The number of allylic oxidation sites excluding steroid dienone is 1. The Kier molecular flexibility index (Phi) is 10.1. The second-order valence-electron chi connectivity index (χ2n) is 15.3. The van der Waals surface area contributed by atoms with Gasteiger partial charge in [-0.2, -0.15) is 18.2 Å². The Morgan fingerprint density at radius 2 is 1.87 bits per heavy atom. The van der Waals surface area contributed by atoms with E-state index in [1.165, 1.54) is 4.90 Å². The number of carbonyl (C=O) groups is 3. The standard InChI is InChI=1S/C38H44F4N6O6S/c1-3-47-30-14-10-9-12-28(30)44-35(47)54-27-20-31-32(49)45-37(34(51)46-55(52,53)36(2)15-16-36)21-23(37)11-7-5-4-6-8-13-29(33(50)48(31)22-27)43-26-18-24(38(40,41)42)17-25(39)19-26/h7,9-12,14,17-19,23,27,29,31,43H,3-6,8,13,15-16,20-22H2,1-2H3,(H,45,49)(H,46,51)/b11-7-/t23-,27+,29-,31-,37+/m0/s1. The van der Waals surface area contributed by atoms with Gasteiger partial charge in [-0.25, -0.2) is 12.8 Å². The zero-order chi connectivity index (χ0) is 39.3. The molecule has 4 aliphatic rings. The van der Waals surface area contributed by atoms with Crippen LogP contribution in [0.5, 0.6) is 6.01 Å². The number of hydrogen-bond acceptors (Lipinski definition) is 8. The lowest BCUT2D eigenvalue weighted by atomic mass is 10.0. The second-order valence-corrected chi connectivity index (χ2v) is 17.5. The van der Waals surface area contributed by atoms with Crippen LogP contribution in [0.25, 0.3) is 11.0 Å². The largest absolute Gasteiger partial charge is 0.459 e. The maximum Gasteiger partial charge on any atom is 0.416 e. The summed E-state index contributed by atoms with van der Waals surface area (Å²) >= 11 is 0. The summed E-state index contributed by atoms with van der Waals surface area (Å²) in [5, 5.41) is 5.64. The van der Waals surface area contributed by atoms with Crippen LogP contribution in [-0.4, -0.2) is 75.6 Å². The fourth-order valence-corrected chi connectivity index (χ4v) is 8.89. The number of aryl methyl sites for hydroxylation is 1. The van der Waals surface area contributed by atoms with Crippen molar-refractivity contribution >= 4 is 44.5 Å². The number of amides is 3. The lowest BCUT2D eigenvalue weighted by molar-refractivity contribution is -0.140. The van der Waals surface area contributed by atoms with Gasteiger partial charge in [-0.05, 0) is 82.7 Å². The van der Waals surface area contributed by atoms with Crippen molar-refractivity contribution in [3.05, 3.63) is 66.0 Å². The number of nitrogens with one attached hydrogen (secondary N) is 3. The van der Waals surface area contributed by atoms with E-state index < -0.39 is 79.7 Å². The Labute approximate surface area is 316 Å². The number of alkyl halides is 3. The summed E-state index contributed by atoms with van der Waals surface area (Å²) in [6.45, 7) is 3.85. The number of ether oxygens (including phenoxy) is 1. The zero-order valence-corrected chi connectivity index (χ0v) is 31.3. The second kappa shape index (κ2) is 14.4. The maximum absolute atomic E-state index is 14.6. The average Bonchev–Trinajstić information content (AvgIpc) is 3.95. The molecule has 55 heavy (non-hydrogen) atoms. The quantitative estimate of drug-likeness (QED) is 0.202. The smallest absolute Gasteiger partial charge is 0.416 e. The molecule has 2 saturated carbocycles. The van der Waals surface area contributed by atoms with E-state index in [1.54, 1.807) is 13.0 Å². The first-order valence-corrected chi connectivity index (χ1v) is 20.1. The Morgan fingerprint density at radius 1 is 1.11 bits per heavy atom. The number of nitrogens with zero attached hydrogens (tertiary/aromatic N) is 3. The summed E-state index contributed by atoms with van der Waals surface area (Å²) < 4.78 is 91.0. The van der Waals surface area contributed by atoms with Crippen LogP contribution in [0.1, 0.15) is 77.2 Å². The van der Waals surface area contributed by atoms with Gasteiger partial charge in [-0.1, -0.05) is 37.1 Å². The van der Waals surface area contributed by atoms with Gasteiger partial charge in [0.25, 0.3) is 11.9 Å². The fraction of sp³-hybridized carbons (Fsp3) is 0.526. The summed E-state index contributed by atoms with van der Waals surface area (Å²) in [6, 6.07) is 7.27. The number of carbonyl (C=O) groups excluding carboxylic acids is 3. The molecule has 3 heterocycles. The third kappa shape index (κ3) is 7.76. The van der Waals surface area contributed by atoms with Crippen LogP contribution in [0.2, 0.25) is 0 Å². The summed E-state index contributed by atoms with van der Waals surface area (Å²) in [5.74, 6) is -3.85. The number of fused-ring (bicyclic) bond motifs is 3. The number of para-hydroxylation sites is 2. The number of benzene rings is 2. The monoisotopic (exact) mass is 788 g/mol. The van der Waals surface area contributed by atoms with Gasteiger partial charge in [-0.15, -0.1) is 0 Å². The highest BCUT2D eigenvalue weighted by atomic mass is 32.2. The molecular formula is C38H44F4N6O6S. The van der Waals surface area contributed by atoms with Crippen LogP contribution in [0.4, 0.5) is 23.2 Å². The van der Waals surface area contributed by atoms with Gasteiger partial charge in [0.15, 0.2) is 0 Å². The summed E-state index contributed by atoms with van der Waals surface area (Å²) in [6.07, 6.45) is 1.51. The number of sulfonamides is 1. The molecule has 2 aliphatic carbocycles. The van der Waals surface area contributed by atoms with E-state index in [1.807, 2.05) is 41.8 Å². The van der Waals surface area contributed by atoms with Crippen LogP contribution in [0.3, 0.4) is 0 Å². The van der Waals surface area contributed by atoms with Crippen molar-refractivity contribution in [2.45, 2.75) is 113 Å². The number of imidazole rings is 1. The lowest BCUT2D eigenvalue weighted by Crippen LogP contribution is -2.58. The van der Waals surface area contributed by atoms with E-state index in [4.69, 9.17) is 4.74 Å². The summed E-state index contributed by atoms with van der Waals surface area (Å²) in [4.78, 5) is 48.7. The molecule has 7 rings (SSSR count). The number of rotatable bonds is 8. The molecule has 3 fully saturated rings. The van der Waals surface area contributed by atoms with Crippen LogP contribution in [-0.2, 0) is 37.1 Å². The normalized spacial score (nSPS) is 27.6. The highest BCUT2D eigenvalue weighted by Crippen LogP contribution is 2.47. The Bertz CT molecular complexity index is 2140. The summed E-state index contributed by atoms with van der Waals surface area (Å²) in [7, 11) is -4.04. The maximum atomic E-state index is 14.6. The summed E-state index contributed by atoms with van der Waals surface area (Å²) in [5.41, 5.74) is -1.58. The number of halogens is 4. The predicted octanol–water partition coefficient (Wildman–Crippen LogP) is 5.44. The van der Waals surface area contributed by atoms with Gasteiger partial charge in [0.05, 0.1) is 27.9 Å². The topological polar surface area (TPSA) is 152 Å². The zero-order valence-electron chi connectivity index (χ0n) is 30.5. The van der Waals surface area contributed by atoms with Gasteiger partial charge in [0.2, 0.25) is 21.8 Å². The van der Waals surface area contributed by atoms with Crippen molar-refractivity contribution in [1.82, 2.24) is 24.5 Å². The van der Waals surface area contributed by atoms with Crippen molar-refractivity contribution in [2.24, 2.45) is 5.92 Å². The van der Waals surface area contributed by atoms with E-state index in [0.717, 1.165) is 17.6 Å². The minimum Gasteiger partial charge on any atom is -0.459 e. The van der Waals surface area contributed by atoms with Crippen molar-refractivity contribution in [1.29, 1.82) is 0 Å². The van der Waals surface area contributed by atoms with Crippen molar-refractivity contribution < 1.29 is 45.1 Å². The first-order valence-electron chi connectivity index (χ1n) is 18.7. The third-order valence-electron chi connectivity index (χ3n) is 11.2. The number of hydrogen-bond donors (Lipinski definition) is 3. The van der Waals surface area contributed by atoms with Crippen LogP contribution in [0, 0.1) is 11.7 Å². The van der Waals surface area contributed by atoms with Gasteiger partial charge in [0.1, 0.15) is 29.5 Å². The average molecular weight is 789 g/mol. The van der Waals surface area contributed by atoms with E-state index in [0.29, 0.717) is 56.7 Å². The Morgan fingerprint density at radius 3 is 2.60 bits per heavy atom. The fourth-order valence-electron chi connectivity index (χ4n) is 7.58. The minimum absolute atomic E-state index is 0.0377. The molecule has 2 aromatic carbocycles. The van der Waals surface area contributed by atoms with Crippen LogP contribution >= 0.6 is 0 Å². The molecule has 0 bridgehead atoms. The van der Waals surface area contributed by atoms with Gasteiger partial charge >= 0.3 is 6.18 Å². The van der Waals surface area contributed by atoms with E-state index in [9.17, 15) is 40.4 Å². The molecule has 3 N–H and O–H groups in total. The molecular weight excluding hydrogens is 745 g/mol. The molecule has 1 saturated heterocycles. The molecule has 2 aliphatic heterocycles. The SMILES string of the molecule is CCn1c(O[C@@H]2C[C@H]3C(=O)N[C@]4(C(=O)NS(=O)(=O)C5(C)CC5)C[C@@H]4/C=C\CCCCC[C@H](Nc4cc(F)cc(C(F)(F)F)c4)C(=O)N3C2)nc2ccccc21. The van der Waals surface area contributed by atoms with Crippen molar-refractivity contribution in [2.75, 3.05) is 11.9 Å². The first-order chi connectivity index (χ1) is 26.0. The highest BCUT2D eigenvalue weighted by molar-refractivity contribution is 7.91. The lowest BCUT2D eigenvalue weighted by Gasteiger charge is -2.30. The molecule has 296 valence electrons. The molecule has 3 aromatic rings. The molecule has 0 radical (unpaired) electrons. The first kappa shape index (κ1) is 38.6. The molecule has 3 amide bonds. The highest BCUT2D eigenvalue weighted by Gasteiger charge is 2.63. The Hall–Kier alpha value is -4.67. The van der Waals surface area contributed by atoms with Gasteiger partial charge in [-0.3, -0.25) is 23.7 Å². The van der Waals surface area contributed by atoms with E-state index >= 15 is 0 Å². The van der Waals surface area contributed by atoms with Gasteiger partial charge < -0.3 is 20.3 Å². The third-order valence-corrected chi connectivity index (χ3v) is 13.4. The van der Waals surface area contributed by atoms with Gasteiger partial charge in [0, 0.05) is 24.6 Å². The molecule has 5 atom stereocenters. The van der Waals surface area contributed by atoms with E-state index in [-0.39, 0.29) is 37.5 Å². The molecule has 1 aromatic heterocycles. The molecule has 17 heteroatoms.